The summed E-state index contributed by atoms with van der Waals surface area (Å²) < 4.78 is 6.39. The number of rotatable bonds is 4. The van der Waals surface area contributed by atoms with Gasteiger partial charge in [-0.2, -0.15) is 0 Å². The minimum Gasteiger partial charge on any atom is -0.461 e. The highest BCUT2D eigenvalue weighted by molar-refractivity contribution is 5.91. The number of carbonyl (C=O) groups is 1. The molecule has 0 bridgehead atoms. The number of esters is 1. The third-order valence-corrected chi connectivity index (χ3v) is 3.39. The van der Waals surface area contributed by atoms with Gasteiger partial charge in [0.05, 0.1) is 13.2 Å². The van der Waals surface area contributed by atoms with Crippen LogP contribution in [0.2, 0.25) is 0 Å². The Bertz CT molecular complexity index is 654. The molecule has 2 rings (SSSR count). The number of aromatic nitrogens is 3. The van der Waals surface area contributed by atoms with Crippen LogP contribution in [0.1, 0.15) is 49.3 Å². The lowest BCUT2D eigenvalue weighted by atomic mass is 9.87. The molecule has 6 heteroatoms. The molecule has 0 fully saturated rings. The number of hydrogen-bond acceptors (Lipinski definition) is 5. The van der Waals surface area contributed by atoms with E-state index in [2.05, 4.69) is 43.2 Å². The molecule has 0 radical (unpaired) electrons. The molecule has 0 amide bonds. The van der Waals surface area contributed by atoms with Gasteiger partial charge in [-0.3, -0.25) is 0 Å². The number of benzene rings is 1. The van der Waals surface area contributed by atoms with Crippen LogP contribution in [0.15, 0.2) is 24.3 Å². The van der Waals surface area contributed by atoms with E-state index in [1.165, 1.54) is 10.2 Å². The van der Waals surface area contributed by atoms with Gasteiger partial charge in [0.15, 0.2) is 5.82 Å². The summed E-state index contributed by atoms with van der Waals surface area (Å²) in [7, 11) is 0. The van der Waals surface area contributed by atoms with Gasteiger partial charge >= 0.3 is 5.97 Å². The fraction of sp³-hybridized carbons (Fsp3) is 0.438. The largest absolute Gasteiger partial charge is 0.461 e. The van der Waals surface area contributed by atoms with Crippen molar-refractivity contribution in [1.82, 2.24) is 15.0 Å². The Morgan fingerprint density at radius 2 is 1.91 bits per heavy atom. The Morgan fingerprint density at radius 3 is 2.45 bits per heavy atom. The average Bonchev–Trinajstić information content (AvgIpc) is 2.80. The number of carbonyl (C=O) groups excluding carboxylic acids is 1. The molecule has 0 saturated carbocycles. The first-order chi connectivity index (χ1) is 10.3. The van der Waals surface area contributed by atoms with E-state index in [1.807, 2.05) is 12.1 Å². The zero-order valence-corrected chi connectivity index (χ0v) is 13.5. The van der Waals surface area contributed by atoms with E-state index in [0.717, 1.165) is 5.56 Å². The van der Waals surface area contributed by atoms with Gasteiger partial charge in [-0.25, -0.2) is 9.48 Å². The van der Waals surface area contributed by atoms with E-state index in [0.29, 0.717) is 6.54 Å². The van der Waals surface area contributed by atoms with Crippen LogP contribution in [0.4, 0.5) is 5.82 Å². The van der Waals surface area contributed by atoms with Crippen LogP contribution in [0, 0.1) is 0 Å². The number of nitrogen functional groups attached to an aromatic ring is 1. The summed E-state index contributed by atoms with van der Waals surface area (Å²) in [5, 5.41) is 7.73. The van der Waals surface area contributed by atoms with Crippen LogP contribution in [0.3, 0.4) is 0 Å². The van der Waals surface area contributed by atoms with Gasteiger partial charge in [0.25, 0.3) is 0 Å². The van der Waals surface area contributed by atoms with Gasteiger partial charge in [-0.05, 0) is 23.5 Å². The maximum absolute atomic E-state index is 11.7. The maximum Gasteiger partial charge on any atom is 0.362 e. The van der Waals surface area contributed by atoms with Crippen LogP contribution >= 0.6 is 0 Å². The van der Waals surface area contributed by atoms with Gasteiger partial charge in [-0.15, -0.1) is 5.10 Å². The van der Waals surface area contributed by atoms with Crippen molar-refractivity contribution in [2.24, 2.45) is 0 Å². The molecular formula is C16H22N4O2. The summed E-state index contributed by atoms with van der Waals surface area (Å²) in [6.07, 6.45) is 0. The van der Waals surface area contributed by atoms with Gasteiger partial charge in [0.2, 0.25) is 5.69 Å². The van der Waals surface area contributed by atoms with E-state index in [4.69, 9.17) is 10.5 Å². The van der Waals surface area contributed by atoms with E-state index in [1.54, 1.807) is 6.92 Å². The number of hydrogen-bond donors (Lipinski definition) is 1. The topological polar surface area (TPSA) is 83.0 Å². The van der Waals surface area contributed by atoms with Crippen molar-refractivity contribution < 1.29 is 9.53 Å². The quantitative estimate of drug-likeness (QED) is 0.877. The third kappa shape index (κ3) is 3.44. The van der Waals surface area contributed by atoms with Gasteiger partial charge in [-0.1, -0.05) is 50.3 Å². The normalized spacial score (nSPS) is 11.5. The maximum atomic E-state index is 11.7. The van der Waals surface area contributed by atoms with Gasteiger partial charge in [0.1, 0.15) is 0 Å². The van der Waals surface area contributed by atoms with Crippen molar-refractivity contribution in [3.05, 3.63) is 41.1 Å². The molecule has 0 atom stereocenters. The summed E-state index contributed by atoms with van der Waals surface area (Å²) >= 11 is 0. The lowest BCUT2D eigenvalue weighted by Crippen LogP contribution is -2.12. The minimum absolute atomic E-state index is 0.0631. The number of anilines is 1. The van der Waals surface area contributed by atoms with Gasteiger partial charge in [0, 0.05) is 0 Å². The second-order valence-corrected chi connectivity index (χ2v) is 6.15. The summed E-state index contributed by atoms with van der Waals surface area (Å²) in [4.78, 5) is 11.7. The number of ether oxygens (including phenoxy) is 1. The molecule has 1 aromatic heterocycles. The van der Waals surface area contributed by atoms with Crippen LogP contribution < -0.4 is 5.73 Å². The summed E-state index contributed by atoms with van der Waals surface area (Å²) in [6.45, 7) is 8.98. The first-order valence-electron chi connectivity index (χ1n) is 7.28. The second-order valence-electron chi connectivity index (χ2n) is 6.15. The fourth-order valence-corrected chi connectivity index (χ4v) is 2.07. The van der Waals surface area contributed by atoms with E-state index >= 15 is 0 Å². The van der Waals surface area contributed by atoms with Crippen molar-refractivity contribution in [1.29, 1.82) is 0 Å². The summed E-state index contributed by atoms with van der Waals surface area (Å²) in [5.74, 6) is -0.326. The molecule has 118 valence electrons. The monoisotopic (exact) mass is 302 g/mol. The molecule has 0 aliphatic rings. The minimum atomic E-state index is -0.547. The third-order valence-electron chi connectivity index (χ3n) is 3.39. The highest BCUT2D eigenvalue weighted by atomic mass is 16.5. The summed E-state index contributed by atoms with van der Waals surface area (Å²) in [6, 6.07) is 8.25. The molecular weight excluding hydrogens is 280 g/mol. The Balaban J connectivity index is 2.16. The SMILES string of the molecule is CCOC(=O)c1nnn(Cc2ccc(C(C)(C)C)cc2)c1N. The molecule has 6 nitrogen and oxygen atoms in total. The fourth-order valence-electron chi connectivity index (χ4n) is 2.07. The van der Waals surface area contributed by atoms with Crippen molar-refractivity contribution in [3.63, 3.8) is 0 Å². The van der Waals surface area contributed by atoms with Crippen molar-refractivity contribution in [3.8, 4) is 0 Å². The predicted molar refractivity (Wildman–Crippen MR) is 84.6 cm³/mol. The smallest absolute Gasteiger partial charge is 0.362 e. The molecule has 2 N–H and O–H groups in total. The predicted octanol–water partition coefficient (Wildman–Crippen LogP) is 2.38. The van der Waals surface area contributed by atoms with Crippen molar-refractivity contribution >= 4 is 11.8 Å². The van der Waals surface area contributed by atoms with Crippen molar-refractivity contribution in [2.75, 3.05) is 12.3 Å². The van der Waals surface area contributed by atoms with E-state index < -0.39 is 5.97 Å². The molecule has 0 spiro atoms. The zero-order valence-electron chi connectivity index (χ0n) is 13.5. The Hall–Kier alpha value is -2.37. The standard InChI is InChI=1S/C16H22N4O2/c1-5-22-15(21)13-14(17)20(19-18-13)10-11-6-8-12(9-7-11)16(2,3)4/h6-9H,5,10,17H2,1-4H3. The molecule has 0 unspecified atom stereocenters. The molecule has 22 heavy (non-hydrogen) atoms. The molecule has 0 saturated heterocycles. The number of nitrogens with two attached hydrogens (primary N) is 1. The molecule has 1 heterocycles. The van der Waals surface area contributed by atoms with Crippen molar-refractivity contribution in [2.45, 2.75) is 39.7 Å². The van der Waals surface area contributed by atoms with Crippen LogP contribution in [0.25, 0.3) is 0 Å². The Morgan fingerprint density at radius 1 is 1.27 bits per heavy atom. The Kier molecular flexibility index (Phi) is 4.49. The molecule has 1 aromatic carbocycles. The first-order valence-corrected chi connectivity index (χ1v) is 7.28. The van der Waals surface area contributed by atoms with E-state index in [-0.39, 0.29) is 23.5 Å². The first kappa shape index (κ1) is 16.0. The highest BCUT2D eigenvalue weighted by Crippen LogP contribution is 2.22. The zero-order chi connectivity index (χ0) is 16.3. The van der Waals surface area contributed by atoms with E-state index in [9.17, 15) is 4.79 Å². The Labute approximate surface area is 130 Å². The highest BCUT2D eigenvalue weighted by Gasteiger charge is 2.19. The lowest BCUT2D eigenvalue weighted by molar-refractivity contribution is 0.0520. The van der Waals surface area contributed by atoms with Crippen LogP contribution in [-0.4, -0.2) is 27.6 Å². The lowest BCUT2D eigenvalue weighted by Gasteiger charge is -2.19. The van der Waals surface area contributed by atoms with Gasteiger partial charge < -0.3 is 10.5 Å². The average molecular weight is 302 g/mol. The molecule has 0 aliphatic carbocycles. The second kappa shape index (κ2) is 6.17. The van der Waals surface area contributed by atoms with Crippen LogP contribution in [-0.2, 0) is 16.7 Å². The summed E-state index contributed by atoms with van der Waals surface area (Å²) in [5.41, 5.74) is 8.40. The molecule has 0 aliphatic heterocycles. The number of nitrogens with zero attached hydrogens (tertiary/aromatic N) is 3. The van der Waals surface area contributed by atoms with Crippen LogP contribution in [0.5, 0.6) is 0 Å². The molecule has 2 aromatic rings.